The highest BCUT2D eigenvalue weighted by Gasteiger charge is 2.31. The molecule has 0 radical (unpaired) electrons. The van der Waals surface area contributed by atoms with Crippen LogP contribution in [0.25, 0.3) is 22.4 Å². The summed E-state index contributed by atoms with van der Waals surface area (Å²) in [6.45, 7) is 7.56. The topological polar surface area (TPSA) is 8.81 Å². The number of imidazole rings is 1. The van der Waals surface area contributed by atoms with Crippen molar-refractivity contribution in [1.82, 2.24) is 4.57 Å². The predicted octanol–water partition coefficient (Wildman–Crippen LogP) is 4.65. The van der Waals surface area contributed by atoms with Crippen molar-refractivity contribution in [2.24, 2.45) is 7.05 Å². The SMILES string of the molecule is Cc1cc(F)ccc1-c1n(C)c2ccc(C(C)C)c3c2[n+]1CCC3. The maximum Gasteiger partial charge on any atom is 0.289 e. The summed E-state index contributed by atoms with van der Waals surface area (Å²) < 4.78 is 18.3. The van der Waals surface area contributed by atoms with Crippen molar-refractivity contribution < 1.29 is 8.96 Å². The lowest BCUT2D eigenvalue weighted by Gasteiger charge is -2.17. The van der Waals surface area contributed by atoms with Gasteiger partial charge in [-0.25, -0.2) is 13.5 Å². The van der Waals surface area contributed by atoms with E-state index in [2.05, 4.69) is 42.2 Å². The number of rotatable bonds is 2. The third-order valence-electron chi connectivity index (χ3n) is 5.36. The van der Waals surface area contributed by atoms with Crippen LogP contribution in [0.2, 0.25) is 0 Å². The molecule has 0 aliphatic carbocycles. The third kappa shape index (κ3) is 2.10. The largest absolute Gasteiger partial charge is 0.289 e. The van der Waals surface area contributed by atoms with Gasteiger partial charge in [0, 0.05) is 5.56 Å². The molecule has 124 valence electrons. The lowest BCUT2D eigenvalue weighted by atomic mass is 9.91. The minimum Gasteiger partial charge on any atom is -0.226 e. The number of aryl methyl sites for hydroxylation is 4. The first kappa shape index (κ1) is 15.4. The zero-order chi connectivity index (χ0) is 17.0. The van der Waals surface area contributed by atoms with Gasteiger partial charge in [-0.1, -0.05) is 19.9 Å². The second-order valence-electron chi connectivity index (χ2n) is 7.25. The normalized spacial score (nSPS) is 13.9. The van der Waals surface area contributed by atoms with Crippen LogP contribution in [0, 0.1) is 12.7 Å². The van der Waals surface area contributed by atoms with Gasteiger partial charge < -0.3 is 0 Å². The molecular formula is C21H24FN2+. The maximum absolute atomic E-state index is 13.6. The van der Waals surface area contributed by atoms with Crippen LogP contribution in [0.1, 0.15) is 42.9 Å². The fourth-order valence-electron chi connectivity index (χ4n) is 4.25. The standard InChI is InChI=1S/C21H24FN2/c1-13(2)16-9-10-19-20-18(16)6-5-11-24(20)21(23(19)4)17-8-7-15(22)12-14(17)3/h7-10,12-13H,5-6,11H2,1-4H3/q+1. The van der Waals surface area contributed by atoms with Crippen LogP contribution < -0.4 is 4.57 Å². The lowest BCUT2D eigenvalue weighted by Crippen LogP contribution is -2.39. The van der Waals surface area contributed by atoms with E-state index in [0.717, 1.165) is 30.5 Å². The highest BCUT2D eigenvalue weighted by molar-refractivity contribution is 5.81. The van der Waals surface area contributed by atoms with E-state index in [4.69, 9.17) is 0 Å². The Morgan fingerprint density at radius 2 is 1.96 bits per heavy atom. The van der Waals surface area contributed by atoms with Crippen molar-refractivity contribution in [3.05, 3.63) is 52.8 Å². The van der Waals surface area contributed by atoms with Crippen LogP contribution in [0.5, 0.6) is 0 Å². The zero-order valence-electron chi connectivity index (χ0n) is 14.9. The summed E-state index contributed by atoms with van der Waals surface area (Å²) in [7, 11) is 2.13. The van der Waals surface area contributed by atoms with Gasteiger partial charge in [-0.15, -0.1) is 0 Å². The molecule has 1 aliphatic heterocycles. The second kappa shape index (κ2) is 5.44. The molecule has 2 aromatic carbocycles. The molecule has 0 bridgehead atoms. The molecule has 1 aliphatic rings. The van der Waals surface area contributed by atoms with Crippen molar-refractivity contribution in [2.45, 2.75) is 46.1 Å². The van der Waals surface area contributed by atoms with Crippen LogP contribution in [-0.2, 0) is 20.0 Å². The van der Waals surface area contributed by atoms with Gasteiger partial charge in [0.1, 0.15) is 5.82 Å². The summed E-state index contributed by atoms with van der Waals surface area (Å²) in [5.41, 5.74) is 7.70. The average molecular weight is 323 g/mol. The van der Waals surface area contributed by atoms with Crippen molar-refractivity contribution in [2.75, 3.05) is 0 Å². The average Bonchev–Trinajstić information content (AvgIpc) is 2.82. The highest BCUT2D eigenvalue weighted by atomic mass is 19.1. The summed E-state index contributed by atoms with van der Waals surface area (Å²) in [5, 5.41) is 0. The maximum atomic E-state index is 13.6. The van der Waals surface area contributed by atoms with Crippen molar-refractivity contribution >= 4 is 11.0 Å². The molecule has 0 amide bonds. The van der Waals surface area contributed by atoms with Crippen LogP contribution in [0.3, 0.4) is 0 Å². The summed E-state index contributed by atoms with van der Waals surface area (Å²) in [4.78, 5) is 0. The first-order valence-electron chi connectivity index (χ1n) is 8.79. The molecule has 3 aromatic rings. The number of nitrogens with zero attached hydrogens (tertiary/aromatic N) is 2. The molecule has 0 N–H and O–H groups in total. The van der Waals surface area contributed by atoms with E-state index in [0.29, 0.717) is 5.92 Å². The minimum absolute atomic E-state index is 0.170. The minimum atomic E-state index is -0.170. The molecule has 0 fully saturated rings. The number of halogens is 1. The highest BCUT2D eigenvalue weighted by Crippen LogP contribution is 2.33. The molecule has 2 heterocycles. The number of benzene rings is 2. The summed E-state index contributed by atoms with van der Waals surface area (Å²) in [6, 6.07) is 9.65. The van der Waals surface area contributed by atoms with Gasteiger partial charge >= 0.3 is 0 Å². The fraction of sp³-hybridized carbons (Fsp3) is 0.381. The molecule has 0 saturated carbocycles. The van der Waals surface area contributed by atoms with Crippen molar-refractivity contribution in [3.63, 3.8) is 0 Å². The van der Waals surface area contributed by atoms with E-state index in [-0.39, 0.29) is 5.82 Å². The van der Waals surface area contributed by atoms with Crippen LogP contribution in [-0.4, -0.2) is 4.57 Å². The van der Waals surface area contributed by atoms with E-state index in [1.165, 1.54) is 28.0 Å². The van der Waals surface area contributed by atoms with Gasteiger partial charge in [0.2, 0.25) is 0 Å². The molecule has 4 rings (SSSR count). The summed E-state index contributed by atoms with van der Waals surface area (Å²) in [6.07, 6.45) is 2.31. The molecular weight excluding hydrogens is 299 g/mol. The van der Waals surface area contributed by atoms with Crippen molar-refractivity contribution in [3.8, 4) is 11.4 Å². The molecule has 2 nitrogen and oxygen atoms in total. The fourth-order valence-corrected chi connectivity index (χ4v) is 4.25. The van der Waals surface area contributed by atoms with Crippen LogP contribution in [0.15, 0.2) is 30.3 Å². The van der Waals surface area contributed by atoms with Gasteiger partial charge in [0.25, 0.3) is 5.82 Å². The van der Waals surface area contributed by atoms with Gasteiger partial charge in [0.15, 0.2) is 11.0 Å². The molecule has 0 spiro atoms. The Hall–Kier alpha value is -2.16. The Balaban J connectivity index is 2.08. The number of hydrogen-bond acceptors (Lipinski definition) is 0. The van der Waals surface area contributed by atoms with E-state index >= 15 is 0 Å². The summed E-state index contributed by atoms with van der Waals surface area (Å²) in [5.74, 6) is 1.55. The molecule has 3 heteroatoms. The second-order valence-corrected chi connectivity index (χ2v) is 7.25. The molecule has 1 aromatic heterocycles. The number of hydrogen-bond donors (Lipinski definition) is 0. The van der Waals surface area contributed by atoms with E-state index < -0.39 is 0 Å². The monoisotopic (exact) mass is 323 g/mol. The van der Waals surface area contributed by atoms with Crippen LogP contribution in [0.4, 0.5) is 4.39 Å². The zero-order valence-corrected chi connectivity index (χ0v) is 14.9. The van der Waals surface area contributed by atoms with Crippen LogP contribution >= 0.6 is 0 Å². The van der Waals surface area contributed by atoms with E-state index in [9.17, 15) is 4.39 Å². The quantitative estimate of drug-likeness (QED) is 0.607. The Kier molecular flexibility index (Phi) is 3.48. The predicted molar refractivity (Wildman–Crippen MR) is 95.7 cm³/mol. The Morgan fingerprint density at radius 1 is 1.17 bits per heavy atom. The first-order chi connectivity index (χ1) is 11.5. The van der Waals surface area contributed by atoms with Gasteiger partial charge in [-0.05, 0) is 61.1 Å². The van der Waals surface area contributed by atoms with Crippen molar-refractivity contribution in [1.29, 1.82) is 0 Å². The number of aromatic nitrogens is 2. The Labute approximate surface area is 142 Å². The first-order valence-corrected chi connectivity index (χ1v) is 8.79. The molecule has 24 heavy (non-hydrogen) atoms. The summed E-state index contributed by atoms with van der Waals surface area (Å²) >= 11 is 0. The smallest absolute Gasteiger partial charge is 0.226 e. The molecule has 0 unspecified atom stereocenters. The van der Waals surface area contributed by atoms with Gasteiger partial charge in [-0.3, -0.25) is 0 Å². The van der Waals surface area contributed by atoms with E-state index in [1.807, 2.05) is 13.0 Å². The Morgan fingerprint density at radius 3 is 2.67 bits per heavy atom. The van der Waals surface area contributed by atoms with E-state index in [1.54, 1.807) is 12.1 Å². The molecule has 0 saturated heterocycles. The van der Waals surface area contributed by atoms with Gasteiger partial charge in [-0.2, -0.15) is 0 Å². The Bertz CT molecular complexity index is 950. The van der Waals surface area contributed by atoms with Gasteiger partial charge in [0.05, 0.1) is 19.2 Å². The molecule has 0 atom stereocenters. The third-order valence-corrected chi connectivity index (χ3v) is 5.36. The lowest BCUT2D eigenvalue weighted by molar-refractivity contribution is -0.664.